The highest BCUT2D eigenvalue weighted by molar-refractivity contribution is 4.81. The third-order valence-corrected chi connectivity index (χ3v) is 3.86. The molecule has 1 aliphatic rings. The van der Waals surface area contributed by atoms with Crippen LogP contribution >= 0.6 is 0 Å². The molecule has 1 aliphatic carbocycles. The predicted molar refractivity (Wildman–Crippen MR) is 64.9 cm³/mol. The van der Waals surface area contributed by atoms with E-state index >= 15 is 0 Å². The zero-order valence-corrected chi connectivity index (χ0v) is 10.5. The summed E-state index contributed by atoms with van der Waals surface area (Å²) < 4.78 is 0. The summed E-state index contributed by atoms with van der Waals surface area (Å²) in [4.78, 5) is 0. The van der Waals surface area contributed by atoms with Gasteiger partial charge in [-0.05, 0) is 39.0 Å². The van der Waals surface area contributed by atoms with Crippen LogP contribution in [0.5, 0.6) is 0 Å². The van der Waals surface area contributed by atoms with Gasteiger partial charge in [0.05, 0.1) is 6.10 Å². The molecule has 15 heavy (non-hydrogen) atoms. The van der Waals surface area contributed by atoms with E-state index in [2.05, 4.69) is 19.2 Å². The molecule has 0 radical (unpaired) electrons. The lowest BCUT2D eigenvalue weighted by Crippen LogP contribution is -2.46. The average molecular weight is 213 g/mol. The maximum atomic E-state index is 9.50. The van der Waals surface area contributed by atoms with Crippen LogP contribution < -0.4 is 5.32 Å². The van der Waals surface area contributed by atoms with Gasteiger partial charge >= 0.3 is 0 Å². The van der Waals surface area contributed by atoms with E-state index in [1.54, 1.807) is 0 Å². The fourth-order valence-corrected chi connectivity index (χ4v) is 2.60. The number of aliphatic hydroxyl groups excluding tert-OH is 1. The summed E-state index contributed by atoms with van der Waals surface area (Å²) in [5, 5.41) is 13.1. The molecule has 2 heteroatoms. The van der Waals surface area contributed by atoms with Gasteiger partial charge in [-0.2, -0.15) is 0 Å². The summed E-state index contributed by atoms with van der Waals surface area (Å²) in [6.07, 6.45) is 7.89. The molecule has 0 aromatic rings. The molecule has 2 nitrogen and oxygen atoms in total. The molecule has 1 rings (SSSR count). The van der Waals surface area contributed by atoms with Crippen molar-refractivity contribution in [2.75, 3.05) is 0 Å². The highest BCUT2D eigenvalue weighted by Gasteiger charge is 2.24. The standard InChI is InChI=1S/C13H27NO/c1-4-13(14-10(2)11(3)15)12-8-6-5-7-9-12/h10-15H,4-9H2,1-3H3. The van der Waals surface area contributed by atoms with E-state index in [0.29, 0.717) is 6.04 Å². The largest absolute Gasteiger partial charge is 0.392 e. The van der Waals surface area contributed by atoms with Crippen LogP contribution in [0, 0.1) is 5.92 Å². The molecule has 3 atom stereocenters. The minimum atomic E-state index is -0.248. The molecule has 0 spiro atoms. The summed E-state index contributed by atoms with van der Waals surface area (Å²) in [5.41, 5.74) is 0. The van der Waals surface area contributed by atoms with Crippen LogP contribution in [-0.2, 0) is 0 Å². The zero-order valence-electron chi connectivity index (χ0n) is 10.5. The minimum absolute atomic E-state index is 0.219. The molecule has 0 saturated heterocycles. The fraction of sp³-hybridized carbons (Fsp3) is 1.00. The average Bonchev–Trinajstić information content (AvgIpc) is 2.26. The smallest absolute Gasteiger partial charge is 0.0662 e. The van der Waals surface area contributed by atoms with Crippen molar-refractivity contribution in [2.45, 2.75) is 77.5 Å². The van der Waals surface area contributed by atoms with E-state index < -0.39 is 0 Å². The van der Waals surface area contributed by atoms with Crippen molar-refractivity contribution in [3.63, 3.8) is 0 Å². The van der Waals surface area contributed by atoms with Crippen molar-refractivity contribution in [1.82, 2.24) is 5.32 Å². The lowest BCUT2D eigenvalue weighted by Gasteiger charge is -2.33. The highest BCUT2D eigenvalue weighted by atomic mass is 16.3. The van der Waals surface area contributed by atoms with Crippen molar-refractivity contribution in [3.05, 3.63) is 0 Å². The molecule has 0 aromatic carbocycles. The Morgan fingerprint density at radius 1 is 1.20 bits per heavy atom. The summed E-state index contributed by atoms with van der Waals surface area (Å²) in [6.45, 7) is 6.20. The van der Waals surface area contributed by atoms with Crippen molar-refractivity contribution < 1.29 is 5.11 Å². The van der Waals surface area contributed by atoms with Crippen LogP contribution in [0.2, 0.25) is 0 Å². The maximum Gasteiger partial charge on any atom is 0.0662 e. The van der Waals surface area contributed by atoms with Gasteiger partial charge in [0.15, 0.2) is 0 Å². The fourth-order valence-electron chi connectivity index (χ4n) is 2.60. The third-order valence-electron chi connectivity index (χ3n) is 3.86. The molecular weight excluding hydrogens is 186 g/mol. The first-order chi connectivity index (χ1) is 7.15. The molecule has 3 unspecified atom stereocenters. The molecular formula is C13H27NO. The molecule has 2 N–H and O–H groups in total. The van der Waals surface area contributed by atoms with Gasteiger partial charge in [-0.3, -0.25) is 0 Å². The second-order valence-corrected chi connectivity index (χ2v) is 5.11. The van der Waals surface area contributed by atoms with E-state index in [4.69, 9.17) is 0 Å². The van der Waals surface area contributed by atoms with Crippen molar-refractivity contribution in [3.8, 4) is 0 Å². The Hall–Kier alpha value is -0.0800. The Labute approximate surface area is 94.5 Å². The van der Waals surface area contributed by atoms with Crippen LogP contribution in [0.1, 0.15) is 59.3 Å². The van der Waals surface area contributed by atoms with Crippen molar-refractivity contribution >= 4 is 0 Å². The summed E-state index contributed by atoms with van der Waals surface area (Å²) in [7, 11) is 0. The predicted octanol–water partition coefficient (Wildman–Crippen LogP) is 2.70. The number of hydrogen-bond acceptors (Lipinski definition) is 2. The van der Waals surface area contributed by atoms with Gasteiger partial charge in [0.1, 0.15) is 0 Å². The van der Waals surface area contributed by atoms with Crippen LogP contribution in [0.4, 0.5) is 0 Å². The van der Waals surface area contributed by atoms with Crippen molar-refractivity contribution in [2.24, 2.45) is 5.92 Å². The van der Waals surface area contributed by atoms with Gasteiger partial charge in [0.2, 0.25) is 0 Å². The maximum absolute atomic E-state index is 9.50. The van der Waals surface area contributed by atoms with Crippen LogP contribution in [0.25, 0.3) is 0 Å². The van der Waals surface area contributed by atoms with E-state index in [0.717, 1.165) is 5.92 Å². The van der Waals surface area contributed by atoms with Crippen LogP contribution in [-0.4, -0.2) is 23.3 Å². The molecule has 1 fully saturated rings. The molecule has 0 amide bonds. The third kappa shape index (κ3) is 4.12. The molecule has 90 valence electrons. The summed E-state index contributed by atoms with van der Waals surface area (Å²) in [6, 6.07) is 0.826. The second-order valence-electron chi connectivity index (χ2n) is 5.11. The molecule has 0 bridgehead atoms. The Kier molecular flexibility index (Phi) is 5.62. The van der Waals surface area contributed by atoms with Crippen LogP contribution in [0.3, 0.4) is 0 Å². The minimum Gasteiger partial charge on any atom is -0.392 e. The van der Waals surface area contributed by atoms with Gasteiger partial charge < -0.3 is 10.4 Å². The molecule has 0 aromatic heterocycles. The van der Waals surface area contributed by atoms with E-state index in [9.17, 15) is 5.11 Å². The van der Waals surface area contributed by atoms with Gasteiger partial charge in [0.25, 0.3) is 0 Å². The Balaban J connectivity index is 2.39. The SMILES string of the molecule is CCC(NC(C)C(C)O)C1CCCCC1. The molecule has 0 aliphatic heterocycles. The number of nitrogens with one attached hydrogen (secondary N) is 1. The second kappa shape index (κ2) is 6.49. The van der Waals surface area contributed by atoms with Gasteiger partial charge in [-0.25, -0.2) is 0 Å². The van der Waals surface area contributed by atoms with E-state index in [1.165, 1.54) is 38.5 Å². The highest BCUT2D eigenvalue weighted by Crippen LogP contribution is 2.27. The first-order valence-corrected chi connectivity index (χ1v) is 6.59. The lowest BCUT2D eigenvalue weighted by atomic mass is 9.82. The zero-order chi connectivity index (χ0) is 11.3. The van der Waals surface area contributed by atoms with Gasteiger partial charge in [-0.1, -0.05) is 26.2 Å². The first-order valence-electron chi connectivity index (χ1n) is 6.59. The summed E-state index contributed by atoms with van der Waals surface area (Å²) >= 11 is 0. The van der Waals surface area contributed by atoms with E-state index in [-0.39, 0.29) is 12.1 Å². The Morgan fingerprint density at radius 3 is 2.27 bits per heavy atom. The monoisotopic (exact) mass is 213 g/mol. The number of rotatable bonds is 5. The van der Waals surface area contributed by atoms with Crippen molar-refractivity contribution in [1.29, 1.82) is 0 Å². The molecule has 0 heterocycles. The quantitative estimate of drug-likeness (QED) is 0.736. The summed E-state index contributed by atoms with van der Waals surface area (Å²) in [5.74, 6) is 0.838. The first kappa shape index (κ1) is 13.0. The Bertz CT molecular complexity index is 164. The normalized spacial score (nSPS) is 24.8. The lowest BCUT2D eigenvalue weighted by molar-refractivity contribution is 0.131. The van der Waals surface area contributed by atoms with Crippen LogP contribution in [0.15, 0.2) is 0 Å². The topological polar surface area (TPSA) is 32.3 Å². The van der Waals surface area contributed by atoms with Gasteiger partial charge in [0, 0.05) is 12.1 Å². The van der Waals surface area contributed by atoms with E-state index in [1.807, 2.05) is 6.92 Å². The van der Waals surface area contributed by atoms with Gasteiger partial charge in [-0.15, -0.1) is 0 Å². The number of hydrogen-bond donors (Lipinski definition) is 2. The Morgan fingerprint density at radius 2 is 1.80 bits per heavy atom. The molecule has 1 saturated carbocycles. The number of aliphatic hydroxyl groups is 1.